The van der Waals surface area contributed by atoms with Crippen molar-refractivity contribution in [1.82, 2.24) is 10.3 Å². The van der Waals surface area contributed by atoms with Gasteiger partial charge < -0.3 is 15.8 Å². The van der Waals surface area contributed by atoms with Crippen molar-refractivity contribution >= 4 is 29.1 Å². The van der Waals surface area contributed by atoms with Crippen molar-refractivity contribution in [3.05, 3.63) is 69.7 Å². The third-order valence-corrected chi connectivity index (χ3v) is 6.46. The number of hydrogen-bond donors (Lipinski definition) is 2. The smallest absolute Gasteiger partial charge is 0.239 e. The van der Waals surface area contributed by atoms with Gasteiger partial charge in [0.25, 0.3) is 0 Å². The molecule has 1 aromatic heterocycles. The Hall–Kier alpha value is -2.60. The highest BCUT2D eigenvalue weighted by molar-refractivity contribution is 6.33. The fourth-order valence-corrected chi connectivity index (χ4v) is 4.43. The lowest BCUT2D eigenvalue weighted by atomic mass is 9.87. The van der Waals surface area contributed by atoms with Crippen LogP contribution in [0.15, 0.2) is 48.5 Å². The maximum absolute atomic E-state index is 12.8. The lowest BCUT2D eigenvalue weighted by Gasteiger charge is -2.38. The number of carbonyl (C=O) groups excluding carboxylic acids is 1. The third kappa shape index (κ3) is 5.07. The highest BCUT2D eigenvalue weighted by atomic mass is 35.5. The topological polar surface area (TPSA) is 77.2 Å². The number of nitrogens with zero attached hydrogens (tertiary/aromatic N) is 1. The summed E-state index contributed by atoms with van der Waals surface area (Å²) in [5, 5.41) is 4.35. The van der Waals surface area contributed by atoms with Gasteiger partial charge in [-0.15, -0.1) is 0 Å². The summed E-state index contributed by atoms with van der Waals surface area (Å²) in [6.45, 7) is 9.36. The van der Waals surface area contributed by atoms with Crippen LogP contribution >= 0.6 is 23.2 Å². The van der Waals surface area contributed by atoms with E-state index in [1.165, 1.54) is 0 Å². The van der Waals surface area contributed by atoms with Gasteiger partial charge in [0.1, 0.15) is 5.60 Å². The van der Waals surface area contributed by atoms with Crippen molar-refractivity contribution < 1.29 is 9.53 Å². The summed E-state index contributed by atoms with van der Waals surface area (Å²) in [6, 6.07) is 15.1. The first-order valence-electron chi connectivity index (χ1n) is 11.2. The maximum atomic E-state index is 12.8. The number of halogens is 2. The molecule has 7 heteroatoms. The summed E-state index contributed by atoms with van der Waals surface area (Å²) in [7, 11) is 0. The van der Waals surface area contributed by atoms with Gasteiger partial charge in [-0.3, -0.25) is 4.79 Å². The number of amides is 1. The molecule has 1 aliphatic rings. The molecule has 1 atom stereocenters. The van der Waals surface area contributed by atoms with Crippen LogP contribution in [0.2, 0.25) is 10.0 Å². The maximum Gasteiger partial charge on any atom is 0.239 e. The van der Waals surface area contributed by atoms with E-state index in [0.29, 0.717) is 28.0 Å². The monoisotopic (exact) mass is 497 g/mol. The van der Waals surface area contributed by atoms with E-state index in [2.05, 4.69) is 5.32 Å². The lowest BCUT2D eigenvalue weighted by Crippen LogP contribution is -2.52. The summed E-state index contributed by atoms with van der Waals surface area (Å²) in [4.78, 5) is 17.8. The van der Waals surface area contributed by atoms with Crippen molar-refractivity contribution in [2.24, 2.45) is 5.73 Å². The van der Waals surface area contributed by atoms with Crippen LogP contribution in [0, 0.1) is 6.92 Å². The van der Waals surface area contributed by atoms with Crippen LogP contribution in [-0.4, -0.2) is 22.0 Å². The predicted molar refractivity (Wildman–Crippen MR) is 138 cm³/mol. The molecule has 0 saturated heterocycles. The van der Waals surface area contributed by atoms with Crippen molar-refractivity contribution in [1.29, 1.82) is 0 Å². The van der Waals surface area contributed by atoms with E-state index in [4.69, 9.17) is 38.7 Å². The van der Waals surface area contributed by atoms with Gasteiger partial charge in [-0.05, 0) is 70.5 Å². The minimum atomic E-state index is -1.01. The Morgan fingerprint density at radius 2 is 1.79 bits per heavy atom. The summed E-state index contributed by atoms with van der Waals surface area (Å²) in [6.07, 6.45) is 0.577. The standard InChI is InChI=1S/C27H29Cl2N3O2/c1-15-6-11-21(29)19(12-15)23-18(16-7-9-17(28)10-8-16)13-20-22(31-25(33)27(4,5)30)14-26(2,3)34-24(20)32-23/h6-13,22H,14,30H2,1-5H3,(H,31,33). The van der Waals surface area contributed by atoms with Gasteiger partial charge in [-0.25, -0.2) is 4.98 Å². The average molecular weight is 498 g/mol. The second kappa shape index (κ2) is 8.88. The summed E-state index contributed by atoms with van der Waals surface area (Å²) in [5.41, 5.74) is 9.71. The highest BCUT2D eigenvalue weighted by Gasteiger charge is 2.38. The van der Waals surface area contributed by atoms with Crippen molar-refractivity contribution in [2.75, 3.05) is 0 Å². The zero-order valence-corrected chi connectivity index (χ0v) is 21.5. The predicted octanol–water partition coefficient (Wildman–Crippen LogP) is 6.49. The van der Waals surface area contributed by atoms with E-state index >= 15 is 0 Å². The van der Waals surface area contributed by atoms with Gasteiger partial charge in [0, 0.05) is 28.1 Å². The third-order valence-electron chi connectivity index (χ3n) is 5.88. The fraction of sp³-hybridized carbons (Fsp3) is 0.333. The molecule has 0 saturated carbocycles. The number of ether oxygens (including phenoxy) is 1. The Labute approximate surface area is 210 Å². The molecule has 0 fully saturated rings. The number of pyridine rings is 1. The molecule has 0 spiro atoms. The van der Waals surface area contributed by atoms with Crippen LogP contribution in [0.25, 0.3) is 22.4 Å². The average Bonchev–Trinajstić information content (AvgIpc) is 2.74. The van der Waals surface area contributed by atoms with Crippen LogP contribution in [0.3, 0.4) is 0 Å². The molecule has 2 heterocycles. The van der Waals surface area contributed by atoms with E-state index in [1.807, 2.05) is 69.3 Å². The molecule has 3 N–H and O–H groups in total. The molecule has 178 valence electrons. The summed E-state index contributed by atoms with van der Waals surface area (Å²) in [5.74, 6) is 0.238. The number of nitrogens with one attached hydrogen (secondary N) is 1. The van der Waals surface area contributed by atoms with E-state index in [9.17, 15) is 4.79 Å². The molecule has 1 unspecified atom stereocenters. The number of aryl methyl sites for hydroxylation is 1. The molecule has 0 aliphatic carbocycles. The Balaban J connectivity index is 1.94. The van der Waals surface area contributed by atoms with Crippen molar-refractivity contribution in [2.45, 2.75) is 58.2 Å². The highest BCUT2D eigenvalue weighted by Crippen LogP contribution is 2.44. The minimum absolute atomic E-state index is 0.236. The molecule has 1 amide bonds. The van der Waals surface area contributed by atoms with E-state index in [0.717, 1.165) is 27.8 Å². The second-order valence-electron chi connectivity index (χ2n) is 10.1. The number of benzene rings is 2. The van der Waals surface area contributed by atoms with Gasteiger partial charge >= 0.3 is 0 Å². The van der Waals surface area contributed by atoms with E-state index < -0.39 is 11.1 Å². The van der Waals surface area contributed by atoms with Gasteiger partial charge in [0.05, 0.1) is 22.3 Å². The van der Waals surface area contributed by atoms with Crippen LogP contribution in [0.4, 0.5) is 0 Å². The summed E-state index contributed by atoms with van der Waals surface area (Å²) >= 11 is 12.8. The number of nitrogens with two attached hydrogens (primary N) is 1. The molecule has 3 aromatic rings. The first kappa shape index (κ1) is 24.5. The number of hydrogen-bond acceptors (Lipinski definition) is 4. The Bertz CT molecular complexity index is 1250. The SMILES string of the molecule is Cc1ccc(Cl)c(-c2nc3c(cc2-c2ccc(Cl)cc2)C(NC(=O)C(C)(C)N)CC(C)(C)O3)c1. The second-order valence-corrected chi connectivity index (χ2v) is 10.9. The van der Waals surface area contributed by atoms with Gasteiger partial charge in [-0.1, -0.05) is 47.0 Å². The van der Waals surface area contributed by atoms with E-state index in [-0.39, 0.29) is 11.9 Å². The largest absolute Gasteiger partial charge is 0.471 e. The molecule has 34 heavy (non-hydrogen) atoms. The number of aromatic nitrogens is 1. The quantitative estimate of drug-likeness (QED) is 0.431. The Morgan fingerprint density at radius 1 is 1.12 bits per heavy atom. The molecule has 0 radical (unpaired) electrons. The number of carbonyl (C=O) groups is 1. The Morgan fingerprint density at radius 3 is 2.44 bits per heavy atom. The van der Waals surface area contributed by atoms with Gasteiger partial charge in [-0.2, -0.15) is 0 Å². The van der Waals surface area contributed by atoms with Gasteiger partial charge in [0.2, 0.25) is 11.8 Å². The van der Waals surface area contributed by atoms with Gasteiger partial charge in [0.15, 0.2) is 0 Å². The van der Waals surface area contributed by atoms with Crippen molar-refractivity contribution in [3.63, 3.8) is 0 Å². The van der Waals surface area contributed by atoms with Crippen LogP contribution < -0.4 is 15.8 Å². The Kier molecular flexibility index (Phi) is 6.40. The molecular formula is C27H29Cl2N3O2. The first-order chi connectivity index (χ1) is 15.8. The van der Waals surface area contributed by atoms with Crippen LogP contribution in [0.1, 0.15) is 51.3 Å². The number of fused-ring (bicyclic) bond motifs is 1. The number of rotatable bonds is 4. The molecule has 1 aliphatic heterocycles. The zero-order valence-electron chi connectivity index (χ0n) is 20.0. The molecular weight excluding hydrogens is 469 g/mol. The molecule has 4 rings (SSSR count). The van der Waals surface area contributed by atoms with Crippen LogP contribution in [-0.2, 0) is 4.79 Å². The zero-order chi connectivity index (χ0) is 24.8. The van der Waals surface area contributed by atoms with Crippen molar-refractivity contribution in [3.8, 4) is 28.3 Å². The normalized spacial score (nSPS) is 17.0. The van der Waals surface area contributed by atoms with Crippen LogP contribution in [0.5, 0.6) is 5.88 Å². The lowest BCUT2D eigenvalue weighted by molar-refractivity contribution is -0.126. The van der Waals surface area contributed by atoms with E-state index in [1.54, 1.807) is 13.8 Å². The molecule has 2 aromatic carbocycles. The first-order valence-corrected chi connectivity index (χ1v) is 12.0. The minimum Gasteiger partial charge on any atom is -0.471 e. The summed E-state index contributed by atoms with van der Waals surface area (Å²) < 4.78 is 6.30. The fourth-order valence-electron chi connectivity index (χ4n) is 4.10. The molecule has 0 bridgehead atoms. The molecule has 5 nitrogen and oxygen atoms in total.